The van der Waals surface area contributed by atoms with Crippen molar-refractivity contribution >= 4 is 9.84 Å². The predicted octanol–water partition coefficient (Wildman–Crippen LogP) is 1.11. The Kier molecular flexibility index (Phi) is 3.99. The van der Waals surface area contributed by atoms with Gasteiger partial charge in [-0.15, -0.1) is 0 Å². The molecule has 1 atom stereocenters. The highest BCUT2D eigenvalue weighted by atomic mass is 32.2. The fraction of sp³-hybridized carbons (Fsp3) is 1.00. The van der Waals surface area contributed by atoms with Crippen LogP contribution in [0.4, 0.5) is 13.2 Å². The van der Waals surface area contributed by atoms with Gasteiger partial charge in [0.15, 0.2) is 9.84 Å². The van der Waals surface area contributed by atoms with Crippen LogP contribution in [0.5, 0.6) is 0 Å². The van der Waals surface area contributed by atoms with E-state index in [1.54, 1.807) is 0 Å². The minimum Gasteiger partial charge on any atom is -0.313 e. The summed E-state index contributed by atoms with van der Waals surface area (Å²) in [5, 5.41) is 2.63. The van der Waals surface area contributed by atoms with Crippen LogP contribution >= 0.6 is 0 Å². The zero-order valence-corrected chi connectivity index (χ0v) is 9.00. The number of hydrogen-bond donors (Lipinski definition) is 1. The molecule has 1 aliphatic rings. The number of nitrogens with one attached hydrogen (secondary N) is 1. The zero-order chi connectivity index (χ0) is 11.5. The molecule has 7 heteroatoms. The maximum absolute atomic E-state index is 11.8. The van der Waals surface area contributed by atoms with E-state index in [-0.39, 0.29) is 24.1 Å². The highest BCUT2D eigenvalue weighted by Crippen LogP contribution is 2.19. The van der Waals surface area contributed by atoms with Crippen molar-refractivity contribution in [2.75, 3.05) is 18.1 Å². The third kappa shape index (κ3) is 5.36. The molecule has 0 aliphatic carbocycles. The third-order valence-electron chi connectivity index (χ3n) is 2.30. The highest BCUT2D eigenvalue weighted by Gasteiger charge is 2.28. The Morgan fingerprint density at radius 3 is 2.53 bits per heavy atom. The van der Waals surface area contributed by atoms with Crippen molar-refractivity contribution in [2.24, 2.45) is 0 Å². The molecule has 1 saturated heterocycles. The molecular formula is C8H14F3NO2S. The summed E-state index contributed by atoms with van der Waals surface area (Å²) in [5.74, 6) is 0.120. The van der Waals surface area contributed by atoms with Crippen LogP contribution in [0, 0.1) is 0 Å². The SMILES string of the molecule is O=S1(=O)CCCC(NCCC(F)(F)F)C1. The van der Waals surface area contributed by atoms with Gasteiger partial charge in [-0.25, -0.2) is 8.42 Å². The molecule has 1 heterocycles. The first-order valence-electron chi connectivity index (χ1n) is 4.79. The minimum atomic E-state index is -4.18. The van der Waals surface area contributed by atoms with Gasteiger partial charge in [0.05, 0.1) is 17.9 Å². The molecule has 0 radical (unpaired) electrons. The van der Waals surface area contributed by atoms with Crippen LogP contribution in [-0.4, -0.2) is 38.7 Å². The Bertz CT molecular complexity index is 299. The molecule has 0 saturated carbocycles. The summed E-state index contributed by atoms with van der Waals surface area (Å²) in [6.07, 6.45) is -3.92. The second kappa shape index (κ2) is 4.69. The van der Waals surface area contributed by atoms with E-state index in [1.807, 2.05) is 0 Å². The lowest BCUT2D eigenvalue weighted by molar-refractivity contribution is -0.133. The topological polar surface area (TPSA) is 46.2 Å². The number of hydrogen-bond acceptors (Lipinski definition) is 3. The molecule has 1 fully saturated rings. The van der Waals surface area contributed by atoms with E-state index in [4.69, 9.17) is 0 Å². The number of rotatable bonds is 3. The number of alkyl halides is 3. The molecule has 0 amide bonds. The summed E-state index contributed by atoms with van der Waals surface area (Å²) < 4.78 is 57.7. The standard InChI is InChI=1S/C8H14F3NO2S/c9-8(10,11)3-4-12-7-2-1-5-15(13,14)6-7/h7,12H,1-6H2. The van der Waals surface area contributed by atoms with E-state index in [2.05, 4.69) is 5.32 Å². The second-order valence-corrected chi connectivity index (χ2v) is 6.00. The lowest BCUT2D eigenvalue weighted by Crippen LogP contribution is -2.41. The molecule has 0 bridgehead atoms. The van der Waals surface area contributed by atoms with Crippen molar-refractivity contribution in [1.82, 2.24) is 5.32 Å². The number of sulfone groups is 1. The smallest absolute Gasteiger partial charge is 0.313 e. The lowest BCUT2D eigenvalue weighted by atomic mass is 10.2. The summed E-state index contributed by atoms with van der Waals surface area (Å²) in [7, 11) is -3.04. The van der Waals surface area contributed by atoms with E-state index in [9.17, 15) is 21.6 Å². The van der Waals surface area contributed by atoms with Gasteiger partial charge in [-0.3, -0.25) is 0 Å². The van der Waals surface area contributed by atoms with Crippen molar-refractivity contribution in [3.8, 4) is 0 Å². The highest BCUT2D eigenvalue weighted by molar-refractivity contribution is 7.91. The van der Waals surface area contributed by atoms with Crippen molar-refractivity contribution in [1.29, 1.82) is 0 Å². The van der Waals surface area contributed by atoms with Crippen LogP contribution in [0.3, 0.4) is 0 Å². The van der Waals surface area contributed by atoms with E-state index in [0.29, 0.717) is 12.8 Å². The summed E-state index contributed by atoms with van der Waals surface area (Å²) in [6, 6.07) is -0.314. The molecule has 3 nitrogen and oxygen atoms in total. The first kappa shape index (κ1) is 12.8. The van der Waals surface area contributed by atoms with Gasteiger partial charge in [0.2, 0.25) is 0 Å². The Hall–Kier alpha value is -0.300. The van der Waals surface area contributed by atoms with Gasteiger partial charge in [-0.2, -0.15) is 13.2 Å². The average Bonchev–Trinajstić information content (AvgIpc) is 1.99. The van der Waals surface area contributed by atoms with Crippen molar-refractivity contribution < 1.29 is 21.6 Å². The van der Waals surface area contributed by atoms with Gasteiger partial charge in [0.25, 0.3) is 0 Å². The molecule has 0 aromatic rings. The summed E-state index contributed by atoms with van der Waals surface area (Å²) in [4.78, 5) is 0. The van der Waals surface area contributed by atoms with Crippen molar-refractivity contribution in [3.05, 3.63) is 0 Å². The van der Waals surface area contributed by atoms with Gasteiger partial charge in [0, 0.05) is 12.6 Å². The molecule has 0 aromatic heterocycles. The summed E-state index contributed by atoms with van der Waals surface area (Å²) >= 11 is 0. The van der Waals surface area contributed by atoms with E-state index >= 15 is 0 Å². The summed E-state index contributed by atoms with van der Waals surface area (Å²) in [5.41, 5.74) is 0. The molecule has 0 aromatic carbocycles. The maximum atomic E-state index is 11.8. The largest absolute Gasteiger partial charge is 0.390 e. The van der Waals surface area contributed by atoms with Crippen LogP contribution in [0.1, 0.15) is 19.3 Å². The Morgan fingerprint density at radius 2 is 2.00 bits per heavy atom. The van der Waals surface area contributed by atoms with Gasteiger partial charge in [-0.05, 0) is 12.8 Å². The monoisotopic (exact) mass is 245 g/mol. The minimum absolute atomic E-state index is 0.0368. The fourth-order valence-electron chi connectivity index (χ4n) is 1.60. The van der Waals surface area contributed by atoms with E-state index in [0.717, 1.165) is 0 Å². The quantitative estimate of drug-likeness (QED) is 0.810. The maximum Gasteiger partial charge on any atom is 0.390 e. The van der Waals surface area contributed by atoms with Crippen LogP contribution in [0.2, 0.25) is 0 Å². The van der Waals surface area contributed by atoms with E-state index < -0.39 is 22.4 Å². The van der Waals surface area contributed by atoms with Crippen LogP contribution in [-0.2, 0) is 9.84 Å². The Labute approximate surface area is 87.0 Å². The van der Waals surface area contributed by atoms with Crippen LogP contribution < -0.4 is 5.32 Å². The van der Waals surface area contributed by atoms with Crippen LogP contribution in [0.25, 0.3) is 0 Å². The molecule has 90 valence electrons. The van der Waals surface area contributed by atoms with Gasteiger partial charge in [0.1, 0.15) is 0 Å². The summed E-state index contributed by atoms with van der Waals surface area (Å²) in [6.45, 7) is -0.205. The first-order chi connectivity index (χ1) is 6.79. The Balaban J connectivity index is 2.28. The number of halogens is 3. The molecule has 15 heavy (non-hydrogen) atoms. The van der Waals surface area contributed by atoms with Crippen LogP contribution in [0.15, 0.2) is 0 Å². The second-order valence-electron chi connectivity index (χ2n) is 3.77. The Morgan fingerprint density at radius 1 is 1.33 bits per heavy atom. The molecule has 1 aliphatic heterocycles. The fourth-order valence-corrected chi connectivity index (χ4v) is 3.27. The molecular weight excluding hydrogens is 231 g/mol. The zero-order valence-electron chi connectivity index (χ0n) is 8.18. The van der Waals surface area contributed by atoms with Gasteiger partial charge < -0.3 is 5.32 Å². The normalized spacial score (nSPS) is 26.5. The van der Waals surface area contributed by atoms with Crippen molar-refractivity contribution in [2.45, 2.75) is 31.5 Å². The molecule has 0 spiro atoms. The first-order valence-corrected chi connectivity index (χ1v) is 6.61. The molecule has 1 N–H and O–H groups in total. The average molecular weight is 245 g/mol. The van der Waals surface area contributed by atoms with Crippen molar-refractivity contribution in [3.63, 3.8) is 0 Å². The lowest BCUT2D eigenvalue weighted by Gasteiger charge is -2.23. The van der Waals surface area contributed by atoms with E-state index in [1.165, 1.54) is 0 Å². The van der Waals surface area contributed by atoms with Gasteiger partial charge >= 0.3 is 6.18 Å². The molecule has 1 rings (SSSR count). The predicted molar refractivity (Wildman–Crippen MR) is 50.4 cm³/mol. The van der Waals surface area contributed by atoms with Gasteiger partial charge in [-0.1, -0.05) is 0 Å². The molecule has 1 unspecified atom stereocenters. The third-order valence-corrected chi connectivity index (χ3v) is 4.13.